The van der Waals surface area contributed by atoms with Crippen LogP contribution >= 0.6 is 0 Å². The van der Waals surface area contributed by atoms with Gasteiger partial charge in [-0.1, -0.05) is 31.0 Å². The maximum Gasteiger partial charge on any atom is 0.150 e. The Morgan fingerprint density at radius 2 is 1.67 bits per heavy atom. The topological polar surface area (TPSA) is 34.0 Å². The van der Waals surface area contributed by atoms with E-state index in [0.29, 0.717) is 0 Å². The lowest BCUT2D eigenvalue weighted by Crippen LogP contribution is -2.25. The molecule has 30 heavy (non-hydrogen) atoms. The molecule has 2 aromatic heterocycles. The molecular weight excluding hydrogens is 368 g/mol. The van der Waals surface area contributed by atoms with Crippen molar-refractivity contribution >= 4 is 16.9 Å². The van der Waals surface area contributed by atoms with Gasteiger partial charge < -0.3 is 4.90 Å². The summed E-state index contributed by atoms with van der Waals surface area (Å²) in [6.07, 6.45) is 7.16. The summed E-state index contributed by atoms with van der Waals surface area (Å²) in [5.41, 5.74) is 9.34. The number of benzene rings is 1. The zero-order valence-corrected chi connectivity index (χ0v) is 19.6. The molecule has 3 aromatic rings. The first kappa shape index (κ1) is 20.9. The number of aryl methyl sites for hydroxylation is 5. The number of nitrogens with zero attached hydrogens (tertiary/aromatic N) is 4. The summed E-state index contributed by atoms with van der Waals surface area (Å²) in [5, 5.41) is 1.30. The molecule has 4 nitrogen and oxygen atoms in total. The van der Waals surface area contributed by atoms with Crippen LogP contribution in [0.3, 0.4) is 0 Å². The van der Waals surface area contributed by atoms with Gasteiger partial charge in [0.25, 0.3) is 0 Å². The number of rotatable bonds is 6. The Kier molecular flexibility index (Phi) is 5.86. The number of hydrogen-bond donors (Lipinski definition) is 0. The van der Waals surface area contributed by atoms with Gasteiger partial charge in [0.2, 0.25) is 0 Å². The molecule has 1 aliphatic rings. The summed E-state index contributed by atoms with van der Waals surface area (Å²) in [7, 11) is 0. The van der Waals surface area contributed by atoms with Crippen molar-refractivity contribution in [2.75, 3.05) is 18.0 Å². The van der Waals surface area contributed by atoms with Crippen molar-refractivity contribution in [2.45, 2.75) is 80.1 Å². The largest absolute Gasteiger partial charge is 0.356 e. The van der Waals surface area contributed by atoms with E-state index < -0.39 is 0 Å². The van der Waals surface area contributed by atoms with Crippen molar-refractivity contribution in [3.8, 4) is 5.69 Å². The molecule has 0 amide bonds. The highest BCUT2D eigenvalue weighted by atomic mass is 15.2. The first-order valence-corrected chi connectivity index (χ1v) is 11.7. The summed E-state index contributed by atoms with van der Waals surface area (Å²) in [6, 6.07) is 4.61. The fourth-order valence-electron chi connectivity index (χ4n) is 5.27. The van der Waals surface area contributed by atoms with Crippen molar-refractivity contribution in [1.29, 1.82) is 0 Å². The first-order valence-electron chi connectivity index (χ1n) is 11.7. The van der Waals surface area contributed by atoms with Crippen molar-refractivity contribution < 1.29 is 0 Å². The normalized spacial score (nSPS) is 13.7. The van der Waals surface area contributed by atoms with Crippen LogP contribution in [0.2, 0.25) is 0 Å². The molecule has 4 heteroatoms. The molecule has 160 valence electrons. The maximum atomic E-state index is 5.04. The fraction of sp³-hybridized carbons (Fsp3) is 0.538. The highest BCUT2D eigenvalue weighted by Crippen LogP contribution is 2.39. The Hall–Kier alpha value is -2.36. The van der Waals surface area contributed by atoms with Gasteiger partial charge in [-0.05, 0) is 83.4 Å². The van der Waals surface area contributed by atoms with E-state index in [9.17, 15) is 0 Å². The minimum atomic E-state index is 0.867. The zero-order valence-electron chi connectivity index (χ0n) is 19.6. The van der Waals surface area contributed by atoms with Crippen LogP contribution < -0.4 is 4.90 Å². The molecule has 1 aromatic carbocycles. The van der Waals surface area contributed by atoms with Crippen LogP contribution in [-0.4, -0.2) is 27.6 Å². The number of aromatic nitrogens is 3. The molecule has 0 radical (unpaired) electrons. The van der Waals surface area contributed by atoms with Gasteiger partial charge in [0.1, 0.15) is 11.6 Å². The molecule has 0 N–H and O–H groups in total. The molecule has 0 saturated carbocycles. The first-order chi connectivity index (χ1) is 14.5. The molecule has 0 fully saturated rings. The van der Waals surface area contributed by atoms with E-state index in [-0.39, 0.29) is 0 Å². The van der Waals surface area contributed by atoms with Gasteiger partial charge in [-0.25, -0.2) is 9.97 Å². The van der Waals surface area contributed by atoms with Crippen LogP contribution in [0.1, 0.15) is 73.3 Å². The Bertz CT molecular complexity index is 1050. The lowest BCUT2D eigenvalue weighted by molar-refractivity contribution is 0.665. The summed E-state index contributed by atoms with van der Waals surface area (Å²) in [4.78, 5) is 12.5. The SMILES string of the molecule is CCCCN(CC)c1nc(C)nc2c1c1c(n2-c2c(C)cc(C)cc2C)CCCC1. The maximum absolute atomic E-state index is 5.04. The predicted octanol–water partition coefficient (Wildman–Crippen LogP) is 6.16. The predicted molar refractivity (Wildman–Crippen MR) is 127 cm³/mol. The average Bonchev–Trinajstić information content (AvgIpc) is 3.02. The van der Waals surface area contributed by atoms with Crippen molar-refractivity contribution in [3.05, 3.63) is 45.9 Å². The summed E-state index contributed by atoms with van der Waals surface area (Å²) >= 11 is 0. The highest BCUT2D eigenvalue weighted by molar-refractivity contribution is 5.94. The van der Waals surface area contributed by atoms with Crippen molar-refractivity contribution in [1.82, 2.24) is 14.5 Å². The lowest BCUT2D eigenvalue weighted by Gasteiger charge is -2.23. The molecule has 0 aliphatic heterocycles. The Labute approximate surface area is 181 Å². The molecule has 0 spiro atoms. The van der Waals surface area contributed by atoms with Crippen LogP contribution in [0.5, 0.6) is 0 Å². The summed E-state index contributed by atoms with van der Waals surface area (Å²) < 4.78 is 2.49. The number of fused-ring (bicyclic) bond motifs is 3. The smallest absolute Gasteiger partial charge is 0.150 e. The zero-order chi connectivity index (χ0) is 21.4. The van der Waals surface area contributed by atoms with E-state index in [4.69, 9.17) is 9.97 Å². The van der Waals surface area contributed by atoms with Crippen molar-refractivity contribution in [3.63, 3.8) is 0 Å². The van der Waals surface area contributed by atoms with Gasteiger partial charge in [-0.15, -0.1) is 0 Å². The van der Waals surface area contributed by atoms with E-state index in [2.05, 4.69) is 56.2 Å². The van der Waals surface area contributed by atoms with Crippen LogP contribution in [0, 0.1) is 27.7 Å². The lowest BCUT2D eigenvalue weighted by atomic mass is 9.95. The van der Waals surface area contributed by atoms with E-state index in [1.54, 1.807) is 0 Å². The fourth-order valence-corrected chi connectivity index (χ4v) is 5.27. The summed E-state index contributed by atoms with van der Waals surface area (Å²) in [5.74, 6) is 2.01. The van der Waals surface area contributed by atoms with Crippen LogP contribution in [-0.2, 0) is 12.8 Å². The van der Waals surface area contributed by atoms with Crippen molar-refractivity contribution in [2.24, 2.45) is 0 Å². The average molecular weight is 405 g/mol. The molecule has 0 unspecified atom stereocenters. The van der Waals surface area contributed by atoms with E-state index >= 15 is 0 Å². The Morgan fingerprint density at radius 3 is 2.33 bits per heavy atom. The van der Waals surface area contributed by atoms with E-state index in [1.165, 1.54) is 64.7 Å². The number of unbranched alkanes of at least 4 members (excludes halogenated alkanes) is 1. The minimum absolute atomic E-state index is 0.867. The van der Waals surface area contributed by atoms with Gasteiger partial charge in [0, 0.05) is 18.8 Å². The summed E-state index contributed by atoms with van der Waals surface area (Å²) in [6.45, 7) is 15.3. The molecule has 0 atom stereocenters. The highest BCUT2D eigenvalue weighted by Gasteiger charge is 2.27. The van der Waals surface area contributed by atoms with Crippen LogP contribution in [0.4, 0.5) is 5.82 Å². The minimum Gasteiger partial charge on any atom is -0.356 e. The monoisotopic (exact) mass is 404 g/mol. The van der Waals surface area contributed by atoms with Gasteiger partial charge in [0.05, 0.1) is 11.1 Å². The standard InChI is InChI=1S/C26H36N4/c1-7-9-14-29(8-2)25-23-21-12-10-11-13-22(21)30(26(23)28-20(6)27-25)24-18(4)15-17(3)16-19(24)5/h15-16H,7-14H2,1-6H3. The quantitative estimate of drug-likeness (QED) is 0.493. The molecular formula is C26H36N4. The second kappa shape index (κ2) is 8.41. The molecule has 4 rings (SSSR count). The third-order valence-corrected chi connectivity index (χ3v) is 6.53. The number of hydrogen-bond acceptors (Lipinski definition) is 3. The van der Waals surface area contributed by atoms with Gasteiger partial charge in [-0.3, -0.25) is 4.57 Å². The van der Waals surface area contributed by atoms with Crippen LogP contribution in [0.15, 0.2) is 12.1 Å². The molecule has 0 bridgehead atoms. The van der Waals surface area contributed by atoms with Gasteiger partial charge >= 0.3 is 0 Å². The van der Waals surface area contributed by atoms with E-state index in [1.807, 2.05) is 6.92 Å². The number of anilines is 1. The Morgan fingerprint density at radius 1 is 0.967 bits per heavy atom. The van der Waals surface area contributed by atoms with E-state index in [0.717, 1.165) is 43.2 Å². The third-order valence-electron chi connectivity index (χ3n) is 6.53. The molecule has 1 aliphatic carbocycles. The van der Waals surface area contributed by atoms with Crippen LogP contribution in [0.25, 0.3) is 16.7 Å². The second-order valence-corrected chi connectivity index (χ2v) is 8.94. The Balaban J connectivity index is 2.06. The second-order valence-electron chi connectivity index (χ2n) is 8.94. The van der Waals surface area contributed by atoms with Gasteiger partial charge in [-0.2, -0.15) is 0 Å². The van der Waals surface area contributed by atoms with Gasteiger partial charge in [0.15, 0.2) is 5.65 Å². The molecule has 0 saturated heterocycles. The molecule has 2 heterocycles. The third kappa shape index (κ3) is 3.51.